The number of carboxylic acids is 1. The van der Waals surface area contributed by atoms with E-state index in [1.54, 1.807) is 12.1 Å². The number of amides is 2. The molecule has 1 aromatic heterocycles. The Labute approximate surface area is 173 Å². The summed E-state index contributed by atoms with van der Waals surface area (Å²) in [5.74, 6) is -1.41. The molecular formula is C23H23N3O4. The normalized spacial score (nSPS) is 14.2. The maximum Gasteiger partial charge on any atom is 0.325 e. The quantitative estimate of drug-likeness (QED) is 0.607. The van der Waals surface area contributed by atoms with Crippen LogP contribution in [0.1, 0.15) is 34.1 Å². The summed E-state index contributed by atoms with van der Waals surface area (Å²) in [7, 11) is 0. The Morgan fingerprint density at radius 2 is 1.93 bits per heavy atom. The lowest BCUT2D eigenvalue weighted by molar-refractivity contribution is -0.138. The Hall–Kier alpha value is -3.61. The fraction of sp³-hybridized carbons (Fsp3) is 0.261. The zero-order valence-electron chi connectivity index (χ0n) is 16.6. The minimum Gasteiger partial charge on any atom is -0.480 e. The molecule has 4 rings (SSSR count). The fourth-order valence-corrected chi connectivity index (χ4v) is 3.82. The second kappa shape index (κ2) is 8.02. The highest BCUT2D eigenvalue weighted by Gasteiger charge is 2.24. The van der Waals surface area contributed by atoms with E-state index in [1.165, 1.54) is 6.92 Å². The van der Waals surface area contributed by atoms with Crippen LogP contribution in [0.25, 0.3) is 10.9 Å². The SMILES string of the molecule is CC(NC(=O)c1ccc2[nH]c3c(c2c1)CCN(C(=O)Cc1ccccc1)C3)C(=O)O. The standard InChI is InChI=1S/C23H23N3O4/c1-14(23(29)30)24-22(28)16-7-8-19-18(12-16)17-9-10-26(13-20(17)25-19)21(27)11-15-5-3-2-4-6-15/h2-8,12,14,25H,9-11,13H2,1H3,(H,24,28)(H,29,30). The summed E-state index contributed by atoms with van der Waals surface area (Å²) < 4.78 is 0. The lowest BCUT2D eigenvalue weighted by Gasteiger charge is -2.27. The number of benzene rings is 2. The highest BCUT2D eigenvalue weighted by atomic mass is 16.4. The Morgan fingerprint density at radius 3 is 2.67 bits per heavy atom. The van der Waals surface area contributed by atoms with Crippen LogP contribution in [0.2, 0.25) is 0 Å². The van der Waals surface area contributed by atoms with Gasteiger partial charge in [0.1, 0.15) is 6.04 Å². The molecule has 30 heavy (non-hydrogen) atoms. The highest BCUT2D eigenvalue weighted by Crippen LogP contribution is 2.28. The Balaban J connectivity index is 1.52. The Kier molecular flexibility index (Phi) is 5.27. The third-order valence-electron chi connectivity index (χ3n) is 5.51. The van der Waals surface area contributed by atoms with Gasteiger partial charge in [-0.2, -0.15) is 0 Å². The van der Waals surface area contributed by atoms with Crippen molar-refractivity contribution in [1.29, 1.82) is 0 Å². The first-order chi connectivity index (χ1) is 14.4. The van der Waals surface area contributed by atoms with E-state index in [0.29, 0.717) is 31.5 Å². The van der Waals surface area contributed by atoms with E-state index >= 15 is 0 Å². The minimum atomic E-state index is -1.08. The summed E-state index contributed by atoms with van der Waals surface area (Å²) in [5, 5.41) is 12.4. The van der Waals surface area contributed by atoms with Crippen LogP contribution in [0.5, 0.6) is 0 Å². The molecule has 0 aliphatic carbocycles. The third-order valence-corrected chi connectivity index (χ3v) is 5.51. The van der Waals surface area contributed by atoms with Gasteiger partial charge >= 0.3 is 5.97 Å². The van der Waals surface area contributed by atoms with Crippen molar-refractivity contribution in [2.75, 3.05) is 6.54 Å². The maximum absolute atomic E-state index is 12.7. The van der Waals surface area contributed by atoms with E-state index in [4.69, 9.17) is 5.11 Å². The molecule has 0 bridgehead atoms. The molecule has 1 atom stereocenters. The number of aromatic amines is 1. The van der Waals surface area contributed by atoms with Gasteiger partial charge in [-0.1, -0.05) is 30.3 Å². The Bertz CT molecular complexity index is 1120. The molecule has 2 heterocycles. The van der Waals surface area contributed by atoms with Gasteiger partial charge in [-0.3, -0.25) is 14.4 Å². The number of fused-ring (bicyclic) bond motifs is 3. The molecule has 2 aromatic carbocycles. The van der Waals surface area contributed by atoms with Crippen molar-refractivity contribution in [2.45, 2.75) is 32.4 Å². The molecule has 1 aliphatic rings. The number of hydrogen-bond acceptors (Lipinski definition) is 3. The summed E-state index contributed by atoms with van der Waals surface area (Å²) >= 11 is 0. The summed E-state index contributed by atoms with van der Waals surface area (Å²) in [4.78, 5) is 41.3. The van der Waals surface area contributed by atoms with Crippen LogP contribution in [-0.4, -0.2) is 45.4 Å². The predicted octanol–water partition coefficient (Wildman–Crippen LogP) is 2.50. The largest absolute Gasteiger partial charge is 0.480 e. The average molecular weight is 405 g/mol. The van der Waals surface area contributed by atoms with Crippen LogP contribution in [0.4, 0.5) is 0 Å². The minimum absolute atomic E-state index is 0.0910. The van der Waals surface area contributed by atoms with E-state index < -0.39 is 17.9 Å². The van der Waals surface area contributed by atoms with Gasteiger partial charge < -0.3 is 20.3 Å². The summed E-state index contributed by atoms with van der Waals surface area (Å²) in [6.45, 7) is 2.56. The molecule has 1 aliphatic heterocycles. The van der Waals surface area contributed by atoms with Gasteiger partial charge in [0.15, 0.2) is 0 Å². The molecule has 1 unspecified atom stereocenters. The number of aliphatic carboxylic acids is 1. The summed E-state index contributed by atoms with van der Waals surface area (Å²) in [5.41, 5.74) is 4.40. The molecule has 154 valence electrons. The molecule has 3 N–H and O–H groups in total. The molecular weight excluding hydrogens is 382 g/mol. The molecule has 0 fully saturated rings. The van der Waals surface area contributed by atoms with Gasteiger partial charge in [-0.05, 0) is 42.7 Å². The molecule has 7 nitrogen and oxygen atoms in total. The van der Waals surface area contributed by atoms with E-state index in [1.807, 2.05) is 41.3 Å². The van der Waals surface area contributed by atoms with Crippen LogP contribution in [0, 0.1) is 0 Å². The van der Waals surface area contributed by atoms with Crippen molar-refractivity contribution in [3.8, 4) is 0 Å². The highest BCUT2D eigenvalue weighted by molar-refractivity contribution is 6.00. The molecule has 0 saturated heterocycles. The smallest absolute Gasteiger partial charge is 0.325 e. The van der Waals surface area contributed by atoms with Gasteiger partial charge in [-0.25, -0.2) is 0 Å². The average Bonchev–Trinajstić information content (AvgIpc) is 3.11. The summed E-state index contributed by atoms with van der Waals surface area (Å²) in [6, 6.07) is 14.0. The van der Waals surface area contributed by atoms with Crippen LogP contribution >= 0.6 is 0 Å². The van der Waals surface area contributed by atoms with Gasteiger partial charge in [0, 0.05) is 28.7 Å². The molecule has 0 spiro atoms. The lowest BCUT2D eigenvalue weighted by atomic mass is 10.0. The molecule has 0 saturated carbocycles. The van der Waals surface area contributed by atoms with E-state index in [0.717, 1.165) is 27.7 Å². The van der Waals surface area contributed by atoms with Crippen molar-refractivity contribution in [3.63, 3.8) is 0 Å². The number of carboxylic acid groups (broad SMARTS) is 1. The van der Waals surface area contributed by atoms with E-state index in [2.05, 4.69) is 10.3 Å². The number of nitrogens with one attached hydrogen (secondary N) is 2. The van der Waals surface area contributed by atoms with Gasteiger partial charge in [0.05, 0.1) is 13.0 Å². The first kappa shape index (κ1) is 19.7. The number of carbonyl (C=O) groups is 3. The zero-order valence-corrected chi connectivity index (χ0v) is 16.6. The van der Waals surface area contributed by atoms with E-state index in [9.17, 15) is 14.4 Å². The van der Waals surface area contributed by atoms with Crippen molar-refractivity contribution in [1.82, 2.24) is 15.2 Å². The Morgan fingerprint density at radius 1 is 1.17 bits per heavy atom. The molecule has 3 aromatic rings. The van der Waals surface area contributed by atoms with Crippen molar-refractivity contribution < 1.29 is 19.5 Å². The number of rotatable bonds is 5. The molecule has 7 heteroatoms. The van der Waals surface area contributed by atoms with Gasteiger partial charge in [0.2, 0.25) is 5.91 Å². The second-order valence-corrected chi connectivity index (χ2v) is 7.60. The second-order valence-electron chi connectivity index (χ2n) is 7.60. The first-order valence-corrected chi connectivity index (χ1v) is 9.91. The molecule has 0 radical (unpaired) electrons. The van der Waals surface area contributed by atoms with Crippen LogP contribution in [0.3, 0.4) is 0 Å². The van der Waals surface area contributed by atoms with Crippen LogP contribution < -0.4 is 5.32 Å². The third kappa shape index (κ3) is 3.91. The number of carbonyl (C=O) groups excluding carboxylic acids is 2. The topological polar surface area (TPSA) is 103 Å². The van der Waals surface area contributed by atoms with Crippen molar-refractivity contribution in [2.24, 2.45) is 0 Å². The number of H-pyrrole nitrogens is 1. The van der Waals surface area contributed by atoms with Crippen LogP contribution in [0.15, 0.2) is 48.5 Å². The predicted molar refractivity (Wildman–Crippen MR) is 112 cm³/mol. The number of hydrogen-bond donors (Lipinski definition) is 3. The maximum atomic E-state index is 12.7. The van der Waals surface area contributed by atoms with Gasteiger partial charge in [-0.15, -0.1) is 0 Å². The van der Waals surface area contributed by atoms with E-state index in [-0.39, 0.29) is 5.91 Å². The van der Waals surface area contributed by atoms with Gasteiger partial charge in [0.25, 0.3) is 5.91 Å². The fourth-order valence-electron chi connectivity index (χ4n) is 3.82. The van der Waals surface area contributed by atoms with Crippen LogP contribution in [-0.2, 0) is 29.0 Å². The first-order valence-electron chi connectivity index (χ1n) is 9.91. The summed E-state index contributed by atoms with van der Waals surface area (Å²) in [6.07, 6.45) is 1.08. The monoisotopic (exact) mass is 405 g/mol. The van der Waals surface area contributed by atoms with Crippen molar-refractivity contribution >= 4 is 28.7 Å². The van der Waals surface area contributed by atoms with Crippen molar-refractivity contribution in [3.05, 3.63) is 70.9 Å². The molecule has 2 amide bonds. The number of nitrogens with zero attached hydrogens (tertiary/aromatic N) is 1. The number of aromatic nitrogens is 1. The zero-order chi connectivity index (χ0) is 21.3. The lowest BCUT2D eigenvalue weighted by Crippen LogP contribution is -2.38.